The van der Waals surface area contributed by atoms with E-state index in [9.17, 15) is 23.1 Å². The maximum absolute atomic E-state index is 14.1. The minimum atomic E-state index is -4.13. The second kappa shape index (κ2) is 12.6. The molecule has 228 valence electrons. The van der Waals surface area contributed by atoms with Gasteiger partial charge in [-0.2, -0.15) is 0 Å². The number of anilines is 1. The van der Waals surface area contributed by atoms with Gasteiger partial charge in [0.05, 0.1) is 23.7 Å². The molecule has 0 spiro atoms. The number of aryl methyl sites for hydroxylation is 1. The number of carboxylic acid groups (broad SMARTS) is 1. The van der Waals surface area contributed by atoms with Gasteiger partial charge in [-0.1, -0.05) is 11.6 Å². The first-order chi connectivity index (χ1) is 20.5. The normalized spacial score (nSPS) is 13.8. The molecule has 2 aromatic heterocycles. The number of carboxylic acids is 1. The van der Waals surface area contributed by atoms with Crippen molar-refractivity contribution in [3.05, 3.63) is 80.9 Å². The monoisotopic (exact) mass is 691 g/mol. The lowest BCUT2D eigenvalue weighted by Crippen LogP contribution is -2.45. The lowest BCUT2D eigenvalue weighted by atomic mass is 10.1. The van der Waals surface area contributed by atoms with E-state index in [-0.39, 0.29) is 41.9 Å². The quantitative estimate of drug-likeness (QED) is 0.196. The van der Waals surface area contributed by atoms with Gasteiger partial charge in [-0.3, -0.25) is 4.31 Å². The number of carbonyl (C=O) groups excluding carboxylic acids is 1. The number of hydrogen-bond acceptors (Lipinski definition) is 6. The van der Waals surface area contributed by atoms with E-state index in [4.69, 9.17) is 20.4 Å². The number of rotatable bonds is 9. The Hall–Kier alpha value is -3.48. The van der Waals surface area contributed by atoms with Crippen LogP contribution in [0.15, 0.2) is 66.9 Å². The highest BCUT2D eigenvalue weighted by molar-refractivity contribution is 9.10. The van der Waals surface area contributed by atoms with Crippen LogP contribution < -0.4 is 4.31 Å². The molecule has 4 aromatic rings. The number of piperidine rings is 1. The zero-order chi connectivity index (χ0) is 30.9. The predicted molar refractivity (Wildman–Crippen MR) is 166 cm³/mol. The molecule has 0 aliphatic carbocycles. The highest BCUT2D eigenvalue weighted by atomic mass is 79.9. The van der Waals surface area contributed by atoms with Crippen LogP contribution >= 0.6 is 27.5 Å². The lowest BCUT2D eigenvalue weighted by Gasteiger charge is -2.34. The molecule has 0 unspecified atom stereocenters. The Kier molecular flexibility index (Phi) is 9.10. The third-order valence-corrected chi connectivity index (χ3v) is 10.1. The summed E-state index contributed by atoms with van der Waals surface area (Å²) in [5.41, 5.74) is 1.54. The van der Waals surface area contributed by atoms with Gasteiger partial charge in [0, 0.05) is 35.6 Å². The van der Waals surface area contributed by atoms with Gasteiger partial charge in [0.15, 0.2) is 4.67 Å². The van der Waals surface area contributed by atoms with E-state index in [1.807, 2.05) is 4.90 Å². The molecule has 0 radical (unpaired) electrons. The van der Waals surface area contributed by atoms with Crippen molar-refractivity contribution in [3.63, 3.8) is 0 Å². The van der Waals surface area contributed by atoms with Gasteiger partial charge in [0.2, 0.25) is 5.76 Å². The molecule has 2 aromatic carbocycles. The molecule has 10 nitrogen and oxygen atoms in total. The SMILES string of the molecule is CCN(c1ccc(Cl)cc1CN(Cc1ccc(Br)o1)C(=O)N1CCCCC1)S(=O)(=O)c1ccc2oc(C(=O)O)c(C)c2c1. The van der Waals surface area contributed by atoms with Gasteiger partial charge in [0.25, 0.3) is 10.0 Å². The van der Waals surface area contributed by atoms with E-state index in [0.29, 0.717) is 50.7 Å². The fourth-order valence-electron chi connectivity index (χ4n) is 5.39. The average molecular weight is 693 g/mol. The summed E-state index contributed by atoms with van der Waals surface area (Å²) in [6, 6.07) is 12.6. The van der Waals surface area contributed by atoms with Crippen molar-refractivity contribution >= 4 is 66.2 Å². The van der Waals surface area contributed by atoms with E-state index >= 15 is 0 Å². The van der Waals surface area contributed by atoms with Crippen LogP contribution in [0.2, 0.25) is 5.02 Å². The summed E-state index contributed by atoms with van der Waals surface area (Å²) < 4.78 is 41.1. The van der Waals surface area contributed by atoms with Crippen LogP contribution in [-0.4, -0.2) is 55.0 Å². The standard InChI is InChI=1S/C30H31BrClN3O7S/c1-3-35(43(39,40)23-9-11-26-24(16-23)19(2)28(42-26)29(36)37)25-10-7-21(32)15-20(25)17-34(18-22-8-12-27(31)41-22)30(38)33-13-5-4-6-14-33/h7-12,15-16H,3-6,13-14,17-18H2,1-2H3,(H,36,37). The fourth-order valence-corrected chi connectivity index (χ4v) is 7.47. The van der Waals surface area contributed by atoms with Crippen LogP contribution in [0.25, 0.3) is 11.0 Å². The number of urea groups is 1. The molecule has 0 saturated carbocycles. The molecule has 0 bridgehead atoms. The Balaban J connectivity index is 1.53. The molecule has 1 saturated heterocycles. The largest absolute Gasteiger partial charge is 0.475 e. The maximum atomic E-state index is 14.1. The number of likely N-dealkylation sites (tertiary alicyclic amines) is 1. The Labute approximate surface area is 263 Å². The van der Waals surface area contributed by atoms with Crippen molar-refractivity contribution in [2.45, 2.75) is 51.1 Å². The molecule has 13 heteroatoms. The first-order valence-electron chi connectivity index (χ1n) is 13.8. The van der Waals surface area contributed by atoms with Crippen LogP contribution in [0.5, 0.6) is 0 Å². The Bertz CT molecular complexity index is 1780. The molecule has 1 fully saturated rings. The molecule has 0 atom stereocenters. The van der Waals surface area contributed by atoms with Crippen molar-refractivity contribution < 1.29 is 31.9 Å². The second-order valence-corrected chi connectivity index (χ2v) is 13.4. The molecular formula is C30H31BrClN3O7S. The topological polar surface area (TPSA) is 125 Å². The maximum Gasteiger partial charge on any atom is 0.372 e. The molecule has 3 heterocycles. The first-order valence-corrected chi connectivity index (χ1v) is 16.5. The third-order valence-electron chi connectivity index (χ3n) is 7.52. The number of furan rings is 2. The van der Waals surface area contributed by atoms with E-state index in [1.165, 1.54) is 22.5 Å². The summed E-state index contributed by atoms with van der Waals surface area (Å²) in [4.78, 5) is 28.7. The Morgan fingerprint density at radius 2 is 1.77 bits per heavy atom. The number of carbonyl (C=O) groups is 2. The third kappa shape index (κ3) is 6.41. The van der Waals surface area contributed by atoms with Crippen LogP contribution in [0.4, 0.5) is 10.5 Å². The number of aromatic carboxylic acids is 1. The van der Waals surface area contributed by atoms with Gasteiger partial charge in [-0.25, -0.2) is 18.0 Å². The van der Waals surface area contributed by atoms with Crippen LogP contribution in [-0.2, 0) is 23.1 Å². The zero-order valence-electron chi connectivity index (χ0n) is 23.7. The summed E-state index contributed by atoms with van der Waals surface area (Å²) in [6.07, 6.45) is 2.91. The summed E-state index contributed by atoms with van der Waals surface area (Å²) in [5.74, 6) is -0.895. The summed E-state index contributed by atoms with van der Waals surface area (Å²) in [7, 11) is -4.13. The number of benzene rings is 2. The zero-order valence-corrected chi connectivity index (χ0v) is 26.8. The van der Waals surface area contributed by atoms with Crippen molar-refractivity contribution in [2.24, 2.45) is 0 Å². The van der Waals surface area contributed by atoms with Crippen LogP contribution in [0.1, 0.15) is 53.6 Å². The van der Waals surface area contributed by atoms with Gasteiger partial charge in [-0.05, 0) is 103 Å². The van der Waals surface area contributed by atoms with Crippen LogP contribution in [0.3, 0.4) is 0 Å². The van der Waals surface area contributed by atoms with Crippen LogP contribution in [0, 0.1) is 6.92 Å². The van der Waals surface area contributed by atoms with E-state index < -0.39 is 16.0 Å². The molecule has 1 N–H and O–H groups in total. The highest BCUT2D eigenvalue weighted by Crippen LogP contribution is 2.34. The van der Waals surface area contributed by atoms with Gasteiger partial charge in [0.1, 0.15) is 11.3 Å². The van der Waals surface area contributed by atoms with Crippen molar-refractivity contribution in [3.8, 4) is 0 Å². The summed E-state index contributed by atoms with van der Waals surface area (Å²) in [6.45, 7) is 4.93. The van der Waals surface area contributed by atoms with Gasteiger partial charge in [-0.15, -0.1) is 0 Å². The Morgan fingerprint density at radius 3 is 2.42 bits per heavy atom. The first kappa shape index (κ1) is 31.0. The molecule has 5 rings (SSSR count). The highest BCUT2D eigenvalue weighted by Gasteiger charge is 2.30. The van der Waals surface area contributed by atoms with Crippen molar-refractivity contribution in [1.29, 1.82) is 0 Å². The number of fused-ring (bicyclic) bond motifs is 1. The Morgan fingerprint density at radius 1 is 1.02 bits per heavy atom. The molecule has 1 aliphatic heterocycles. The number of sulfonamides is 1. The smallest absolute Gasteiger partial charge is 0.372 e. The van der Waals surface area contributed by atoms with Crippen molar-refractivity contribution in [1.82, 2.24) is 9.80 Å². The lowest BCUT2D eigenvalue weighted by molar-refractivity contribution is 0.0664. The van der Waals surface area contributed by atoms with E-state index in [1.54, 1.807) is 49.1 Å². The van der Waals surface area contributed by atoms with Gasteiger partial charge < -0.3 is 23.7 Å². The van der Waals surface area contributed by atoms with E-state index in [2.05, 4.69) is 15.9 Å². The molecule has 43 heavy (non-hydrogen) atoms. The number of halogens is 2. The molecule has 2 amide bonds. The van der Waals surface area contributed by atoms with E-state index in [0.717, 1.165) is 19.3 Å². The number of nitrogens with zero attached hydrogens (tertiary/aromatic N) is 3. The average Bonchev–Trinajstić information content (AvgIpc) is 3.55. The number of hydrogen-bond donors (Lipinski definition) is 1. The minimum Gasteiger partial charge on any atom is -0.475 e. The number of amides is 2. The molecular weight excluding hydrogens is 662 g/mol. The molecule has 1 aliphatic rings. The van der Waals surface area contributed by atoms with Gasteiger partial charge >= 0.3 is 12.0 Å². The second-order valence-electron chi connectivity index (χ2n) is 10.4. The summed E-state index contributed by atoms with van der Waals surface area (Å²) >= 11 is 9.73. The summed E-state index contributed by atoms with van der Waals surface area (Å²) in [5, 5.41) is 10.2. The minimum absolute atomic E-state index is 0.0229. The van der Waals surface area contributed by atoms with Crippen molar-refractivity contribution in [2.75, 3.05) is 23.9 Å². The predicted octanol–water partition coefficient (Wildman–Crippen LogP) is 7.27. The fraction of sp³-hybridized carbons (Fsp3) is 0.333.